The predicted molar refractivity (Wildman–Crippen MR) is 61.8 cm³/mol. The minimum atomic E-state index is -0.139. The molecule has 3 heteroatoms. The summed E-state index contributed by atoms with van der Waals surface area (Å²) in [5, 5.41) is 3.24. The lowest BCUT2D eigenvalue weighted by molar-refractivity contribution is -0.182. The van der Waals surface area contributed by atoms with Crippen LogP contribution in [0.15, 0.2) is 30.3 Å². The van der Waals surface area contributed by atoms with Gasteiger partial charge in [0, 0.05) is 6.54 Å². The Hall–Kier alpha value is -1.35. The van der Waals surface area contributed by atoms with E-state index in [2.05, 4.69) is 19.2 Å². The van der Waals surface area contributed by atoms with Crippen molar-refractivity contribution in [1.82, 2.24) is 5.32 Å². The number of esters is 1. The number of hydrogen-bond acceptors (Lipinski definition) is 3. The van der Waals surface area contributed by atoms with E-state index in [9.17, 15) is 4.79 Å². The Kier molecular flexibility index (Phi) is 3.25. The van der Waals surface area contributed by atoms with Gasteiger partial charge in [0.2, 0.25) is 0 Å². The van der Waals surface area contributed by atoms with Crippen LogP contribution in [0, 0.1) is 5.92 Å². The smallest absolute Gasteiger partial charge is 0.327 e. The Bertz CT molecular complexity index is 361. The highest BCUT2D eigenvalue weighted by Gasteiger charge is 2.43. The Labute approximate surface area is 95.8 Å². The van der Waals surface area contributed by atoms with E-state index in [0.717, 1.165) is 0 Å². The average molecular weight is 219 g/mol. The van der Waals surface area contributed by atoms with Crippen LogP contribution in [0.25, 0.3) is 0 Å². The van der Waals surface area contributed by atoms with Crippen LogP contribution >= 0.6 is 0 Å². The Morgan fingerprint density at radius 1 is 1.31 bits per heavy atom. The fraction of sp³-hybridized carbons (Fsp3) is 0.462. The molecule has 0 unspecified atom stereocenters. The Morgan fingerprint density at radius 2 is 2.00 bits per heavy atom. The Morgan fingerprint density at radius 3 is 2.56 bits per heavy atom. The van der Waals surface area contributed by atoms with Crippen LogP contribution in [-0.4, -0.2) is 18.1 Å². The molecule has 0 aromatic heterocycles. The van der Waals surface area contributed by atoms with Crippen LogP contribution in [0.4, 0.5) is 0 Å². The predicted octanol–water partition coefficient (Wildman–Crippen LogP) is 1.73. The molecule has 0 bridgehead atoms. The van der Waals surface area contributed by atoms with Gasteiger partial charge in [-0.3, -0.25) is 10.1 Å². The van der Waals surface area contributed by atoms with E-state index in [1.165, 1.54) is 5.56 Å². The summed E-state index contributed by atoms with van der Waals surface area (Å²) in [6.07, 6.45) is 0.0243. The second-order valence-corrected chi connectivity index (χ2v) is 4.49. The van der Waals surface area contributed by atoms with Crippen LogP contribution in [0.2, 0.25) is 0 Å². The van der Waals surface area contributed by atoms with Crippen LogP contribution in [0.1, 0.15) is 19.4 Å². The van der Waals surface area contributed by atoms with E-state index >= 15 is 0 Å². The molecule has 1 saturated heterocycles. The van der Waals surface area contributed by atoms with E-state index in [1.54, 1.807) is 0 Å². The average Bonchev–Trinajstić information content (AvgIpc) is 2.27. The van der Waals surface area contributed by atoms with E-state index in [-0.39, 0.29) is 18.1 Å². The largest absolute Gasteiger partial charge is 0.459 e. The summed E-state index contributed by atoms with van der Waals surface area (Å²) >= 11 is 0. The molecule has 2 rings (SSSR count). The number of rotatable bonds is 4. The van der Waals surface area contributed by atoms with Gasteiger partial charge < -0.3 is 4.74 Å². The van der Waals surface area contributed by atoms with Crippen molar-refractivity contribution in [3.05, 3.63) is 35.9 Å². The van der Waals surface area contributed by atoms with Gasteiger partial charge in [-0.1, -0.05) is 44.2 Å². The highest BCUT2D eigenvalue weighted by molar-refractivity contribution is 5.82. The van der Waals surface area contributed by atoms with E-state index in [0.29, 0.717) is 12.5 Å². The van der Waals surface area contributed by atoms with Crippen molar-refractivity contribution in [2.24, 2.45) is 5.92 Å². The summed E-state index contributed by atoms with van der Waals surface area (Å²) in [5.41, 5.74) is 1.18. The minimum absolute atomic E-state index is 0.0243. The van der Waals surface area contributed by atoms with Gasteiger partial charge in [-0.15, -0.1) is 0 Å². The summed E-state index contributed by atoms with van der Waals surface area (Å²) in [5.74, 6) is 0.237. The van der Waals surface area contributed by atoms with Crippen molar-refractivity contribution < 1.29 is 9.53 Å². The monoisotopic (exact) mass is 219 g/mol. The zero-order valence-electron chi connectivity index (χ0n) is 9.64. The molecule has 0 saturated carbocycles. The standard InChI is InChI=1S/C13H17NO2/c1-9(2)12-11(13(15)16-12)14-8-10-6-4-3-5-7-10/h3-7,9,11-12,14H,8H2,1-2H3/t11-,12-/m1/s1. The van der Waals surface area contributed by atoms with E-state index in [1.807, 2.05) is 30.3 Å². The molecule has 1 aliphatic heterocycles. The summed E-state index contributed by atoms with van der Waals surface area (Å²) in [6.45, 7) is 4.84. The zero-order valence-corrected chi connectivity index (χ0v) is 9.64. The maximum absolute atomic E-state index is 11.3. The fourth-order valence-corrected chi connectivity index (χ4v) is 1.88. The molecule has 86 valence electrons. The number of nitrogens with one attached hydrogen (secondary N) is 1. The lowest BCUT2D eigenvalue weighted by Gasteiger charge is -2.38. The first-order valence-electron chi connectivity index (χ1n) is 5.66. The SMILES string of the molecule is CC(C)[C@H]1OC(=O)[C@@H]1NCc1ccccc1. The van der Waals surface area contributed by atoms with E-state index < -0.39 is 0 Å². The van der Waals surface area contributed by atoms with Crippen molar-refractivity contribution in [2.45, 2.75) is 32.5 Å². The Balaban J connectivity index is 1.88. The van der Waals surface area contributed by atoms with Crippen molar-refractivity contribution in [1.29, 1.82) is 0 Å². The molecule has 0 amide bonds. The molecule has 1 heterocycles. The molecular weight excluding hydrogens is 202 g/mol. The van der Waals surface area contributed by atoms with Gasteiger partial charge >= 0.3 is 5.97 Å². The molecular formula is C13H17NO2. The quantitative estimate of drug-likeness (QED) is 0.784. The molecule has 16 heavy (non-hydrogen) atoms. The number of cyclic esters (lactones) is 1. The third kappa shape index (κ3) is 2.25. The summed E-state index contributed by atoms with van der Waals surface area (Å²) in [4.78, 5) is 11.3. The maximum atomic E-state index is 11.3. The minimum Gasteiger partial charge on any atom is -0.459 e. The molecule has 1 aromatic rings. The van der Waals surface area contributed by atoms with Crippen molar-refractivity contribution in [3.63, 3.8) is 0 Å². The molecule has 0 aliphatic carbocycles. The van der Waals surface area contributed by atoms with Gasteiger partial charge in [0.05, 0.1) is 0 Å². The number of hydrogen-bond donors (Lipinski definition) is 1. The third-order valence-electron chi connectivity index (χ3n) is 2.86. The summed E-state index contributed by atoms with van der Waals surface area (Å²) in [6, 6.07) is 9.92. The maximum Gasteiger partial charge on any atom is 0.327 e. The topological polar surface area (TPSA) is 38.3 Å². The molecule has 0 radical (unpaired) electrons. The number of carbonyl (C=O) groups is 1. The van der Waals surface area contributed by atoms with Gasteiger partial charge in [-0.25, -0.2) is 0 Å². The van der Waals surface area contributed by atoms with Crippen LogP contribution in [-0.2, 0) is 16.1 Å². The number of carbonyl (C=O) groups excluding carboxylic acids is 1. The van der Waals surface area contributed by atoms with Gasteiger partial charge in [0.1, 0.15) is 12.1 Å². The highest BCUT2D eigenvalue weighted by Crippen LogP contribution is 2.22. The second-order valence-electron chi connectivity index (χ2n) is 4.49. The molecule has 1 N–H and O–H groups in total. The fourth-order valence-electron chi connectivity index (χ4n) is 1.88. The summed E-state index contributed by atoms with van der Waals surface area (Å²) in [7, 11) is 0. The molecule has 3 nitrogen and oxygen atoms in total. The molecule has 1 aliphatic rings. The van der Waals surface area contributed by atoms with Gasteiger partial charge in [0.15, 0.2) is 0 Å². The summed E-state index contributed by atoms with van der Waals surface area (Å²) < 4.78 is 5.10. The van der Waals surface area contributed by atoms with Gasteiger partial charge in [0.25, 0.3) is 0 Å². The molecule has 1 fully saturated rings. The van der Waals surface area contributed by atoms with Crippen LogP contribution in [0.5, 0.6) is 0 Å². The molecule has 1 aromatic carbocycles. The van der Waals surface area contributed by atoms with Crippen LogP contribution < -0.4 is 5.32 Å². The normalized spacial score (nSPS) is 24.1. The molecule has 2 atom stereocenters. The first-order chi connectivity index (χ1) is 7.68. The van der Waals surface area contributed by atoms with Gasteiger partial charge in [-0.2, -0.15) is 0 Å². The van der Waals surface area contributed by atoms with Gasteiger partial charge in [-0.05, 0) is 11.5 Å². The van der Waals surface area contributed by atoms with Crippen LogP contribution in [0.3, 0.4) is 0 Å². The van der Waals surface area contributed by atoms with Crippen molar-refractivity contribution in [2.75, 3.05) is 0 Å². The van der Waals surface area contributed by atoms with Crippen molar-refractivity contribution in [3.8, 4) is 0 Å². The second kappa shape index (κ2) is 4.66. The zero-order chi connectivity index (χ0) is 11.5. The first kappa shape index (κ1) is 11.1. The lowest BCUT2D eigenvalue weighted by Crippen LogP contribution is -2.60. The number of ether oxygens (including phenoxy) is 1. The van der Waals surface area contributed by atoms with Crippen molar-refractivity contribution >= 4 is 5.97 Å². The van der Waals surface area contributed by atoms with E-state index in [4.69, 9.17) is 4.74 Å². The first-order valence-corrected chi connectivity index (χ1v) is 5.66. The number of benzene rings is 1. The highest BCUT2D eigenvalue weighted by atomic mass is 16.6. The molecule has 0 spiro atoms. The lowest BCUT2D eigenvalue weighted by atomic mass is 9.94. The third-order valence-corrected chi connectivity index (χ3v) is 2.86.